The summed E-state index contributed by atoms with van der Waals surface area (Å²) in [6.45, 7) is 4.58. The molecule has 0 fully saturated rings. The van der Waals surface area contributed by atoms with Crippen molar-refractivity contribution in [2.75, 3.05) is 17.2 Å². The Bertz CT molecular complexity index is 560. The van der Waals surface area contributed by atoms with Gasteiger partial charge in [-0.05, 0) is 30.7 Å². The number of hydrogen-bond donors (Lipinski definition) is 2. The predicted molar refractivity (Wildman–Crippen MR) is 81.3 cm³/mol. The Labute approximate surface area is 119 Å². The number of benzene rings is 1. The van der Waals surface area contributed by atoms with Crippen LogP contribution in [0.1, 0.15) is 26.7 Å². The normalized spacial score (nSPS) is 10.3. The lowest BCUT2D eigenvalue weighted by molar-refractivity contribution is -0.114. The lowest BCUT2D eigenvalue weighted by atomic mass is 10.2. The van der Waals surface area contributed by atoms with Crippen LogP contribution < -0.4 is 10.6 Å². The van der Waals surface area contributed by atoms with Crippen LogP contribution in [-0.4, -0.2) is 22.0 Å². The first kappa shape index (κ1) is 14.1. The van der Waals surface area contributed by atoms with Crippen LogP contribution in [0.3, 0.4) is 0 Å². The quantitative estimate of drug-likeness (QED) is 0.795. The molecule has 0 atom stereocenters. The molecule has 2 rings (SSSR count). The molecule has 1 aromatic heterocycles. The highest BCUT2D eigenvalue weighted by molar-refractivity contribution is 5.88. The molecule has 0 spiro atoms. The molecule has 0 unspecified atom stereocenters. The number of rotatable bonds is 6. The molecule has 0 aliphatic rings. The van der Waals surface area contributed by atoms with Gasteiger partial charge in [-0.15, -0.1) is 0 Å². The number of imidazole rings is 1. The Morgan fingerprint density at radius 1 is 1.30 bits per heavy atom. The number of nitrogens with one attached hydrogen (secondary N) is 2. The van der Waals surface area contributed by atoms with E-state index < -0.39 is 0 Å². The van der Waals surface area contributed by atoms with Crippen LogP contribution in [0.25, 0.3) is 5.69 Å². The van der Waals surface area contributed by atoms with Crippen LogP contribution >= 0.6 is 0 Å². The van der Waals surface area contributed by atoms with Crippen molar-refractivity contribution < 1.29 is 4.79 Å². The number of carbonyl (C=O) groups is 1. The molecule has 1 aromatic carbocycles. The van der Waals surface area contributed by atoms with Gasteiger partial charge >= 0.3 is 0 Å². The van der Waals surface area contributed by atoms with Crippen molar-refractivity contribution >= 4 is 17.5 Å². The van der Waals surface area contributed by atoms with E-state index in [0.717, 1.165) is 36.7 Å². The molecular weight excluding hydrogens is 252 g/mol. The summed E-state index contributed by atoms with van der Waals surface area (Å²) < 4.78 is 1.99. The first-order valence-electron chi connectivity index (χ1n) is 6.86. The summed E-state index contributed by atoms with van der Waals surface area (Å²) in [6, 6.07) is 7.68. The first-order chi connectivity index (χ1) is 9.70. The molecule has 0 saturated heterocycles. The zero-order valence-electron chi connectivity index (χ0n) is 11.9. The van der Waals surface area contributed by atoms with Crippen LogP contribution in [0.5, 0.6) is 0 Å². The minimum absolute atomic E-state index is 0.0673. The summed E-state index contributed by atoms with van der Waals surface area (Å²) >= 11 is 0. The monoisotopic (exact) mass is 272 g/mol. The fraction of sp³-hybridized carbons (Fsp3) is 0.333. The average Bonchev–Trinajstić information content (AvgIpc) is 2.88. The van der Waals surface area contributed by atoms with Gasteiger partial charge in [-0.25, -0.2) is 4.98 Å². The fourth-order valence-corrected chi connectivity index (χ4v) is 1.93. The lowest BCUT2D eigenvalue weighted by Crippen LogP contribution is -2.08. The van der Waals surface area contributed by atoms with Gasteiger partial charge in [0.1, 0.15) is 0 Å². The summed E-state index contributed by atoms with van der Waals surface area (Å²) in [5.41, 5.74) is 1.80. The largest absolute Gasteiger partial charge is 0.355 e. The molecule has 20 heavy (non-hydrogen) atoms. The number of amides is 1. The summed E-state index contributed by atoms with van der Waals surface area (Å²) in [4.78, 5) is 15.3. The Hall–Kier alpha value is -2.30. The number of hydrogen-bond acceptors (Lipinski definition) is 3. The molecule has 5 nitrogen and oxygen atoms in total. The number of aromatic nitrogens is 2. The third-order valence-electron chi connectivity index (χ3n) is 2.92. The number of anilines is 2. The van der Waals surface area contributed by atoms with Gasteiger partial charge in [-0.1, -0.05) is 13.3 Å². The minimum Gasteiger partial charge on any atom is -0.355 e. The highest BCUT2D eigenvalue weighted by Crippen LogP contribution is 2.17. The second-order valence-corrected chi connectivity index (χ2v) is 4.63. The molecule has 106 valence electrons. The Kier molecular flexibility index (Phi) is 4.76. The first-order valence-corrected chi connectivity index (χ1v) is 6.86. The van der Waals surface area contributed by atoms with Crippen LogP contribution in [0.2, 0.25) is 0 Å². The topological polar surface area (TPSA) is 59.0 Å². The standard InChI is InChI=1S/C15H20N4O/c1-3-4-9-16-15-17-10-11-19(15)14-7-5-13(6-8-14)18-12(2)20/h5-8,10-11H,3-4,9H2,1-2H3,(H,16,17)(H,18,20). The van der Waals surface area contributed by atoms with Gasteiger partial charge in [0.05, 0.1) is 0 Å². The van der Waals surface area contributed by atoms with Gasteiger partial charge in [-0.3, -0.25) is 9.36 Å². The summed E-state index contributed by atoms with van der Waals surface area (Å²) in [5, 5.41) is 6.08. The summed E-state index contributed by atoms with van der Waals surface area (Å²) in [6.07, 6.45) is 5.96. The van der Waals surface area contributed by atoms with Crippen molar-refractivity contribution in [1.29, 1.82) is 0 Å². The zero-order valence-corrected chi connectivity index (χ0v) is 11.9. The zero-order chi connectivity index (χ0) is 14.4. The van der Waals surface area contributed by atoms with Crippen LogP contribution in [-0.2, 0) is 4.79 Å². The Morgan fingerprint density at radius 2 is 2.05 bits per heavy atom. The van der Waals surface area contributed by atoms with E-state index in [0.29, 0.717) is 0 Å². The number of unbranched alkanes of at least 4 members (excludes halogenated alkanes) is 1. The van der Waals surface area contributed by atoms with Crippen LogP contribution in [0, 0.1) is 0 Å². The number of nitrogens with zero attached hydrogens (tertiary/aromatic N) is 2. The maximum Gasteiger partial charge on any atom is 0.221 e. The van der Waals surface area contributed by atoms with Crippen molar-refractivity contribution in [2.45, 2.75) is 26.7 Å². The second kappa shape index (κ2) is 6.75. The van der Waals surface area contributed by atoms with E-state index in [2.05, 4.69) is 22.5 Å². The predicted octanol–water partition coefficient (Wildman–Crippen LogP) is 3.04. The minimum atomic E-state index is -0.0673. The van der Waals surface area contributed by atoms with Gasteiger partial charge in [0.25, 0.3) is 0 Å². The van der Waals surface area contributed by atoms with Gasteiger partial charge < -0.3 is 10.6 Å². The lowest BCUT2D eigenvalue weighted by Gasteiger charge is -2.10. The van der Waals surface area contributed by atoms with E-state index in [1.807, 2.05) is 35.0 Å². The van der Waals surface area contributed by atoms with Crippen LogP contribution in [0.15, 0.2) is 36.7 Å². The molecule has 0 aliphatic heterocycles. The van der Waals surface area contributed by atoms with Crippen molar-refractivity contribution in [3.05, 3.63) is 36.7 Å². The van der Waals surface area contributed by atoms with E-state index >= 15 is 0 Å². The van der Waals surface area contributed by atoms with Gasteiger partial charge in [0.2, 0.25) is 11.9 Å². The highest BCUT2D eigenvalue weighted by atomic mass is 16.1. The van der Waals surface area contributed by atoms with E-state index in [-0.39, 0.29) is 5.91 Å². The highest BCUT2D eigenvalue weighted by Gasteiger charge is 2.04. The van der Waals surface area contributed by atoms with Gasteiger partial charge in [0.15, 0.2) is 0 Å². The molecule has 1 amide bonds. The van der Waals surface area contributed by atoms with Crippen molar-refractivity contribution in [3.63, 3.8) is 0 Å². The number of carbonyl (C=O) groups excluding carboxylic acids is 1. The van der Waals surface area contributed by atoms with Gasteiger partial charge in [-0.2, -0.15) is 0 Å². The molecule has 1 heterocycles. The van der Waals surface area contributed by atoms with E-state index in [4.69, 9.17) is 0 Å². The Balaban J connectivity index is 2.11. The smallest absolute Gasteiger partial charge is 0.221 e. The molecule has 2 N–H and O–H groups in total. The van der Waals surface area contributed by atoms with Crippen molar-refractivity contribution in [1.82, 2.24) is 9.55 Å². The van der Waals surface area contributed by atoms with E-state index in [1.165, 1.54) is 6.92 Å². The molecule has 0 radical (unpaired) electrons. The SMILES string of the molecule is CCCCNc1nccn1-c1ccc(NC(C)=O)cc1. The molecule has 0 bridgehead atoms. The van der Waals surface area contributed by atoms with Crippen molar-refractivity contribution in [3.8, 4) is 5.69 Å². The third kappa shape index (κ3) is 3.60. The molecule has 2 aromatic rings. The molecule has 0 saturated carbocycles. The molecular formula is C15H20N4O. The van der Waals surface area contributed by atoms with Crippen LogP contribution in [0.4, 0.5) is 11.6 Å². The Morgan fingerprint density at radius 3 is 2.70 bits per heavy atom. The average molecular weight is 272 g/mol. The summed E-state index contributed by atoms with van der Waals surface area (Å²) in [5.74, 6) is 0.771. The maximum absolute atomic E-state index is 11.0. The third-order valence-corrected chi connectivity index (χ3v) is 2.92. The fourth-order valence-electron chi connectivity index (χ4n) is 1.93. The van der Waals surface area contributed by atoms with E-state index in [1.54, 1.807) is 6.20 Å². The van der Waals surface area contributed by atoms with E-state index in [9.17, 15) is 4.79 Å². The van der Waals surface area contributed by atoms with Crippen molar-refractivity contribution in [2.24, 2.45) is 0 Å². The molecule has 0 aliphatic carbocycles. The molecule has 5 heteroatoms. The maximum atomic E-state index is 11.0. The summed E-state index contributed by atoms with van der Waals surface area (Å²) in [7, 11) is 0. The van der Waals surface area contributed by atoms with Gasteiger partial charge in [0, 0.05) is 37.2 Å². The second-order valence-electron chi connectivity index (χ2n) is 4.63.